The molecule has 1 saturated heterocycles. The lowest BCUT2D eigenvalue weighted by Crippen LogP contribution is -2.21. The number of ether oxygens (including phenoxy) is 1. The molecule has 3 heteroatoms. The van der Waals surface area contributed by atoms with Crippen molar-refractivity contribution in [3.05, 3.63) is 0 Å². The number of hydrogen-bond donors (Lipinski definition) is 0. The second kappa shape index (κ2) is 3.94. The number of carbonyl (C=O) groups excluding carboxylic acids is 1. The van der Waals surface area contributed by atoms with E-state index in [0.29, 0.717) is 11.8 Å². The van der Waals surface area contributed by atoms with Gasteiger partial charge in [-0.05, 0) is 18.3 Å². The number of rotatable bonds is 3. The van der Waals surface area contributed by atoms with Crippen LogP contribution < -0.4 is 0 Å². The molecule has 1 aliphatic rings. The van der Waals surface area contributed by atoms with Gasteiger partial charge in [-0.25, -0.2) is 0 Å². The zero-order valence-electron chi connectivity index (χ0n) is 7.60. The molecule has 12 heavy (non-hydrogen) atoms. The highest BCUT2D eigenvalue weighted by atomic mass is 127. The predicted molar refractivity (Wildman–Crippen MR) is 56.4 cm³/mol. The monoisotopic (exact) mass is 282 g/mol. The predicted octanol–water partition coefficient (Wildman–Crippen LogP) is 2.54. The fourth-order valence-electron chi connectivity index (χ4n) is 1.40. The van der Waals surface area contributed by atoms with Crippen molar-refractivity contribution in [2.45, 2.75) is 39.2 Å². The SMILES string of the molecule is CC(C)(CI)CC1CCC(=O)O1. The van der Waals surface area contributed by atoms with Crippen LogP contribution in [0.4, 0.5) is 0 Å². The standard InChI is InChI=1S/C9H15IO2/c1-9(2,6-10)5-7-3-4-8(11)12-7/h7H,3-6H2,1-2H3. The first kappa shape index (κ1) is 10.3. The van der Waals surface area contributed by atoms with Crippen LogP contribution in [0.25, 0.3) is 0 Å². The Kier molecular flexibility index (Phi) is 3.37. The molecular weight excluding hydrogens is 267 g/mol. The van der Waals surface area contributed by atoms with E-state index in [2.05, 4.69) is 36.4 Å². The number of cyclic esters (lactones) is 1. The molecule has 1 heterocycles. The lowest BCUT2D eigenvalue weighted by Gasteiger charge is -2.24. The fraction of sp³-hybridized carbons (Fsp3) is 0.889. The molecule has 0 aromatic carbocycles. The number of carbonyl (C=O) groups is 1. The molecule has 0 aliphatic carbocycles. The Morgan fingerprint density at radius 3 is 2.75 bits per heavy atom. The van der Waals surface area contributed by atoms with Gasteiger partial charge in [0.2, 0.25) is 0 Å². The van der Waals surface area contributed by atoms with Crippen LogP contribution in [0.2, 0.25) is 0 Å². The molecule has 1 rings (SSSR count). The van der Waals surface area contributed by atoms with Crippen molar-refractivity contribution in [1.82, 2.24) is 0 Å². The molecule has 1 atom stereocenters. The number of esters is 1. The van der Waals surface area contributed by atoms with Crippen molar-refractivity contribution in [2.75, 3.05) is 4.43 Å². The minimum atomic E-state index is -0.0238. The van der Waals surface area contributed by atoms with Gasteiger partial charge < -0.3 is 4.74 Å². The maximum Gasteiger partial charge on any atom is 0.306 e. The highest BCUT2D eigenvalue weighted by Crippen LogP contribution is 2.30. The summed E-state index contributed by atoms with van der Waals surface area (Å²) in [4.78, 5) is 10.8. The quantitative estimate of drug-likeness (QED) is 0.452. The van der Waals surface area contributed by atoms with Crippen LogP contribution in [0.3, 0.4) is 0 Å². The summed E-state index contributed by atoms with van der Waals surface area (Å²) < 4.78 is 6.27. The van der Waals surface area contributed by atoms with Gasteiger partial charge in [0.05, 0.1) is 0 Å². The first-order valence-electron chi connectivity index (χ1n) is 4.29. The normalized spacial score (nSPS) is 24.2. The number of hydrogen-bond acceptors (Lipinski definition) is 2. The summed E-state index contributed by atoms with van der Waals surface area (Å²) in [6.45, 7) is 4.43. The van der Waals surface area contributed by atoms with Crippen molar-refractivity contribution in [2.24, 2.45) is 5.41 Å². The minimum absolute atomic E-state index is 0.0238. The van der Waals surface area contributed by atoms with Gasteiger partial charge >= 0.3 is 5.97 Å². The Hall–Kier alpha value is 0.200. The maximum atomic E-state index is 10.8. The third kappa shape index (κ3) is 2.92. The number of alkyl halides is 1. The zero-order valence-corrected chi connectivity index (χ0v) is 9.76. The van der Waals surface area contributed by atoms with Crippen molar-refractivity contribution in [3.8, 4) is 0 Å². The van der Waals surface area contributed by atoms with Crippen LogP contribution in [-0.2, 0) is 9.53 Å². The third-order valence-corrected chi connectivity index (χ3v) is 4.18. The van der Waals surface area contributed by atoms with Crippen LogP contribution in [0.1, 0.15) is 33.1 Å². The molecule has 0 spiro atoms. The van der Waals surface area contributed by atoms with Gasteiger partial charge in [0.1, 0.15) is 6.10 Å². The summed E-state index contributed by atoms with van der Waals surface area (Å²) in [5.41, 5.74) is 0.301. The molecule has 0 radical (unpaired) electrons. The molecule has 2 nitrogen and oxygen atoms in total. The second-order valence-electron chi connectivity index (χ2n) is 4.15. The smallest absolute Gasteiger partial charge is 0.306 e. The molecular formula is C9H15IO2. The van der Waals surface area contributed by atoms with Crippen LogP contribution in [0, 0.1) is 5.41 Å². The molecule has 0 N–H and O–H groups in total. The fourth-order valence-corrected chi connectivity index (χ4v) is 1.71. The Morgan fingerprint density at radius 2 is 2.33 bits per heavy atom. The molecule has 1 fully saturated rings. The molecule has 0 saturated carbocycles. The highest BCUT2D eigenvalue weighted by Gasteiger charge is 2.29. The van der Waals surface area contributed by atoms with E-state index in [4.69, 9.17) is 4.74 Å². The Morgan fingerprint density at radius 1 is 1.67 bits per heavy atom. The van der Waals surface area contributed by atoms with E-state index >= 15 is 0 Å². The maximum absolute atomic E-state index is 10.8. The van der Waals surface area contributed by atoms with Crippen LogP contribution >= 0.6 is 22.6 Å². The van der Waals surface area contributed by atoms with Crippen molar-refractivity contribution >= 4 is 28.6 Å². The molecule has 0 aromatic rings. The van der Waals surface area contributed by atoms with Crippen LogP contribution in [0.5, 0.6) is 0 Å². The Labute approximate surface area is 87.2 Å². The average Bonchev–Trinajstić information content (AvgIpc) is 2.35. The van der Waals surface area contributed by atoms with Crippen molar-refractivity contribution < 1.29 is 9.53 Å². The lowest BCUT2D eigenvalue weighted by molar-refractivity contribution is -0.142. The first-order chi connectivity index (χ1) is 5.53. The van der Waals surface area contributed by atoms with Gasteiger partial charge in [-0.3, -0.25) is 4.79 Å². The topological polar surface area (TPSA) is 26.3 Å². The van der Waals surface area contributed by atoms with E-state index in [1.165, 1.54) is 0 Å². The van der Waals surface area contributed by atoms with E-state index in [9.17, 15) is 4.79 Å². The summed E-state index contributed by atoms with van der Waals surface area (Å²) in [6.07, 6.45) is 2.71. The molecule has 0 bridgehead atoms. The van der Waals surface area contributed by atoms with Gasteiger partial charge in [0, 0.05) is 10.8 Å². The lowest BCUT2D eigenvalue weighted by atomic mass is 9.88. The third-order valence-electron chi connectivity index (χ3n) is 2.11. The van der Waals surface area contributed by atoms with E-state index in [0.717, 1.165) is 17.3 Å². The zero-order chi connectivity index (χ0) is 9.19. The average molecular weight is 282 g/mol. The van der Waals surface area contributed by atoms with Crippen LogP contribution in [0.15, 0.2) is 0 Å². The summed E-state index contributed by atoms with van der Waals surface area (Å²) >= 11 is 2.38. The van der Waals surface area contributed by atoms with E-state index in [1.54, 1.807) is 0 Å². The molecule has 0 aromatic heterocycles. The summed E-state index contributed by atoms with van der Waals surface area (Å²) in [6, 6.07) is 0. The first-order valence-corrected chi connectivity index (χ1v) is 5.81. The molecule has 70 valence electrons. The Bertz CT molecular complexity index is 177. The van der Waals surface area contributed by atoms with E-state index in [1.807, 2.05) is 0 Å². The van der Waals surface area contributed by atoms with E-state index in [-0.39, 0.29) is 12.1 Å². The molecule has 1 unspecified atom stereocenters. The number of halogens is 1. The van der Waals surface area contributed by atoms with Gasteiger partial charge in [0.15, 0.2) is 0 Å². The van der Waals surface area contributed by atoms with Crippen LogP contribution in [-0.4, -0.2) is 16.5 Å². The van der Waals surface area contributed by atoms with Crippen molar-refractivity contribution in [3.63, 3.8) is 0 Å². The van der Waals surface area contributed by atoms with Gasteiger partial charge in [-0.2, -0.15) is 0 Å². The van der Waals surface area contributed by atoms with E-state index < -0.39 is 0 Å². The Balaban J connectivity index is 2.36. The van der Waals surface area contributed by atoms with Crippen molar-refractivity contribution in [1.29, 1.82) is 0 Å². The molecule has 1 aliphatic heterocycles. The second-order valence-corrected chi connectivity index (χ2v) is 4.92. The summed E-state index contributed by atoms with van der Waals surface area (Å²) in [7, 11) is 0. The minimum Gasteiger partial charge on any atom is -0.462 e. The highest BCUT2D eigenvalue weighted by molar-refractivity contribution is 14.1. The van der Waals surface area contributed by atoms with Gasteiger partial charge in [-0.1, -0.05) is 36.4 Å². The van der Waals surface area contributed by atoms with Gasteiger partial charge in [0.25, 0.3) is 0 Å². The van der Waals surface area contributed by atoms with Gasteiger partial charge in [-0.15, -0.1) is 0 Å². The summed E-state index contributed by atoms with van der Waals surface area (Å²) in [5.74, 6) is -0.0238. The summed E-state index contributed by atoms with van der Waals surface area (Å²) in [5, 5.41) is 0. The largest absolute Gasteiger partial charge is 0.462 e. The molecule has 0 amide bonds.